The third-order valence-electron chi connectivity index (χ3n) is 4.07. The Kier molecular flexibility index (Phi) is 6.02. The van der Waals surface area contributed by atoms with E-state index in [1.807, 2.05) is 30.3 Å². The monoisotopic (exact) mass is 292 g/mol. The lowest BCUT2D eigenvalue weighted by Gasteiger charge is -2.34. The first-order chi connectivity index (χ1) is 10.2. The first-order valence-corrected chi connectivity index (χ1v) is 7.52. The normalized spacial score (nSPS) is 17.5. The summed E-state index contributed by atoms with van der Waals surface area (Å²) in [5.41, 5.74) is 7.01. The maximum absolute atomic E-state index is 12.0. The number of rotatable bonds is 5. The number of nitrogens with two attached hydrogens (primary N) is 1. The lowest BCUT2D eigenvalue weighted by Crippen LogP contribution is -2.43. The molecule has 0 spiro atoms. The van der Waals surface area contributed by atoms with Gasteiger partial charge in [0.2, 0.25) is 0 Å². The number of nitrogens with zero attached hydrogens (tertiary/aromatic N) is 1. The van der Waals surface area contributed by atoms with Crippen LogP contribution in [0.4, 0.5) is 4.79 Å². The van der Waals surface area contributed by atoms with Gasteiger partial charge in [-0.2, -0.15) is 0 Å². The Balaban J connectivity index is 1.73. The Labute approximate surface area is 125 Å². The van der Waals surface area contributed by atoms with Crippen molar-refractivity contribution in [3.8, 4) is 0 Å². The van der Waals surface area contributed by atoms with Crippen LogP contribution in [0.15, 0.2) is 30.3 Å². The third-order valence-corrected chi connectivity index (χ3v) is 4.07. The van der Waals surface area contributed by atoms with Gasteiger partial charge >= 0.3 is 6.09 Å². The van der Waals surface area contributed by atoms with E-state index in [1.165, 1.54) is 0 Å². The van der Waals surface area contributed by atoms with Gasteiger partial charge < -0.3 is 20.5 Å². The molecule has 1 aromatic rings. The molecule has 1 aromatic carbocycles. The molecule has 0 bridgehead atoms. The molecule has 1 fully saturated rings. The first-order valence-electron chi connectivity index (χ1n) is 7.52. The minimum Gasteiger partial charge on any atom is -0.445 e. The van der Waals surface area contributed by atoms with E-state index in [0.717, 1.165) is 18.4 Å². The molecule has 0 saturated carbocycles. The molecule has 21 heavy (non-hydrogen) atoms. The molecule has 5 heteroatoms. The summed E-state index contributed by atoms with van der Waals surface area (Å²) in [7, 11) is 0. The van der Waals surface area contributed by atoms with Crippen molar-refractivity contribution in [2.45, 2.75) is 31.9 Å². The predicted octanol–water partition coefficient (Wildman–Crippen LogP) is 1.74. The molecule has 116 valence electrons. The summed E-state index contributed by atoms with van der Waals surface area (Å²) >= 11 is 0. The van der Waals surface area contributed by atoms with Crippen LogP contribution in [0.1, 0.15) is 24.8 Å². The first kappa shape index (κ1) is 15.8. The zero-order chi connectivity index (χ0) is 15.1. The van der Waals surface area contributed by atoms with Crippen molar-refractivity contribution in [2.24, 2.45) is 11.7 Å². The molecule has 0 aromatic heterocycles. The van der Waals surface area contributed by atoms with Gasteiger partial charge in [-0.05, 0) is 30.7 Å². The molecule has 0 aliphatic carbocycles. The van der Waals surface area contributed by atoms with Crippen molar-refractivity contribution in [2.75, 3.05) is 19.7 Å². The lowest BCUT2D eigenvalue weighted by molar-refractivity contribution is 0.0785. The van der Waals surface area contributed by atoms with Crippen molar-refractivity contribution in [3.05, 3.63) is 35.9 Å². The zero-order valence-electron chi connectivity index (χ0n) is 12.3. The molecule has 1 aliphatic heterocycles. The maximum Gasteiger partial charge on any atom is 0.410 e. The number of carbonyl (C=O) groups excluding carboxylic acids is 1. The number of aliphatic hydroxyl groups is 1. The highest BCUT2D eigenvalue weighted by molar-refractivity contribution is 5.67. The molecule has 1 saturated heterocycles. The van der Waals surface area contributed by atoms with Crippen molar-refractivity contribution in [1.82, 2.24) is 4.90 Å². The fraction of sp³-hybridized carbons (Fsp3) is 0.562. The number of aliphatic hydroxyl groups excluding tert-OH is 1. The van der Waals surface area contributed by atoms with Crippen LogP contribution < -0.4 is 5.73 Å². The number of piperidine rings is 1. The summed E-state index contributed by atoms with van der Waals surface area (Å²) in [6, 6.07) is 9.69. The Morgan fingerprint density at radius 1 is 1.33 bits per heavy atom. The van der Waals surface area contributed by atoms with Gasteiger partial charge in [-0.3, -0.25) is 0 Å². The molecule has 5 nitrogen and oxygen atoms in total. The van der Waals surface area contributed by atoms with E-state index in [9.17, 15) is 4.79 Å². The summed E-state index contributed by atoms with van der Waals surface area (Å²) < 4.78 is 5.33. The molecule has 1 atom stereocenters. The number of likely N-dealkylation sites (tertiary alicyclic amines) is 1. The molecule has 1 aliphatic rings. The van der Waals surface area contributed by atoms with Gasteiger partial charge in [0.05, 0.1) is 0 Å². The van der Waals surface area contributed by atoms with Crippen molar-refractivity contribution in [1.29, 1.82) is 0 Å². The van der Waals surface area contributed by atoms with Crippen LogP contribution in [0.2, 0.25) is 0 Å². The Morgan fingerprint density at radius 3 is 2.62 bits per heavy atom. The summed E-state index contributed by atoms with van der Waals surface area (Å²) in [6.45, 7) is 1.79. The van der Waals surface area contributed by atoms with Crippen LogP contribution in [0.3, 0.4) is 0 Å². The topological polar surface area (TPSA) is 75.8 Å². The second kappa shape index (κ2) is 8.00. The van der Waals surface area contributed by atoms with Crippen LogP contribution in [-0.4, -0.2) is 41.8 Å². The van der Waals surface area contributed by atoms with Crippen LogP contribution in [-0.2, 0) is 11.3 Å². The number of hydrogen-bond donors (Lipinski definition) is 2. The Hall–Kier alpha value is -1.59. The SMILES string of the molecule is N[C@H](CCO)C1CCN(C(=O)OCc2ccccc2)CC1. The van der Waals surface area contributed by atoms with Crippen LogP contribution in [0.25, 0.3) is 0 Å². The van der Waals surface area contributed by atoms with Gasteiger partial charge in [-0.1, -0.05) is 30.3 Å². The lowest BCUT2D eigenvalue weighted by atomic mass is 9.88. The number of carbonyl (C=O) groups is 1. The van der Waals surface area contributed by atoms with Crippen LogP contribution >= 0.6 is 0 Å². The summed E-state index contributed by atoms with van der Waals surface area (Å²) in [4.78, 5) is 13.7. The van der Waals surface area contributed by atoms with Crippen molar-refractivity contribution < 1.29 is 14.6 Å². The van der Waals surface area contributed by atoms with E-state index in [-0.39, 0.29) is 18.7 Å². The fourth-order valence-electron chi connectivity index (χ4n) is 2.71. The number of amides is 1. The van der Waals surface area contributed by atoms with Crippen LogP contribution in [0, 0.1) is 5.92 Å². The van der Waals surface area contributed by atoms with E-state index < -0.39 is 0 Å². The van der Waals surface area contributed by atoms with Gasteiger partial charge in [-0.15, -0.1) is 0 Å². The van der Waals surface area contributed by atoms with Crippen molar-refractivity contribution >= 4 is 6.09 Å². The van der Waals surface area contributed by atoms with E-state index in [4.69, 9.17) is 15.6 Å². The zero-order valence-corrected chi connectivity index (χ0v) is 12.3. The minimum absolute atomic E-state index is 0.0255. The summed E-state index contributed by atoms with van der Waals surface area (Å²) in [6.07, 6.45) is 2.12. The van der Waals surface area contributed by atoms with Gasteiger partial charge in [0.15, 0.2) is 0 Å². The molecular weight excluding hydrogens is 268 g/mol. The smallest absolute Gasteiger partial charge is 0.410 e. The second-order valence-corrected chi connectivity index (χ2v) is 5.54. The molecule has 1 amide bonds. The average molecular weight is 292 g/mol. The molecule has 3 N–H and O–H groups in total. The number of hydrogen-bond acceptors (Lipinski definition) is 4. The van der Waals surface area contributed by atoms with Gasteiger partial charge in [0.25, 0.3) is 0 Å². The fourth-order valence-corrected chi connectivity index (χ4v) is 2.71. The number of ether oxygens (including phenoxy) is 1. The second-order valence-electron chi connectivity index (χ2n) is 5.54. The minimum atomic E-state index is -0.256. The molecule has 1 heterocycles. The Morgan fingerprint density at radius 2 is 2.00 bits per heavy atom. The van der Waals surface area contributed by atoms with Crippen molar-refractivity contribution in [3.63, 3.8) is 0 Å². The molecule has 0 unspecified atom stereocenters. The predicted molar refractivity (Wildman–Crippen MR) is 80.6 cm³/mol. The van der Waals surface area contributed by atoms with E-state index >= 15 is 0 Å². The van der Waals surface area contributed by atoms with E-state index in [2.05, 4.69) is 0 Å². The molecule has 2 rings (SSSR count). The quantitative estimate of drug-likeness (QED) is 0.867. The highest BCUT2D eigenvalue weighted by atomic mass is 16.6. The maximum atomic E-state index is 12.0. The summed E-state index contributed by atoms with van der Waals surface area (Å²) in [5, 5.41) is 8.92. The van der Waals surface area contributed by atoms with Gasteiger partial charge in [0.1, 0.15) is 6.61 Å². The average Bonchev–Trinajstić information content (AvgIpc) is 2.54. The van der Waals surface area contributed by atoms with Gasteiger partial charge in [0, 0.05) is 25.7 Å². The molecular formula is C16H24N2O3. The highest BCUT2D eigenvalue weighted by Crippen LogP contribution is 2.21. The number of benzene rings is 1. The van der Waals surface area contributed by atoms with E-state index in [1.54, 1.807) is 4.90 Å². The largest absolute Gasteiger partial charge is 0.445 e. The third kappa shape index (κ3) is 4.72. The van der Waals surface area contributed by atoms with E-state index in [0.29, 0.717) is 32.0 Å². The van der Waals surface area contributed by atoms with Gasteiger partial charge in [-0.25, -0.2) is 4.79 Å². The molecule has 0 radical (unpaired) electrons. The van der Waals surface area contributed by atoms with Crippen LogP contribution in [0.5, 0.6) is 0 Å². The standard InChI is InChI=1S/C16H24N2O3/c17-15(8-11-19)14-6-9-18(10-7-14)16(20)21-12-13-4-2-1-3-5-13/h1-5,14-15,19H,6-12,17H2/t15-/m1/s1. The Bertz CT molecular complexity index is 430. The highest BCUT2D eigenvalue weighted by Gasteiger charge is 2.27. The summed E-state index contributed by atoms with van der Waals surface area (Å²) in [5.74, 6) is 0.385.